The third-order valence-corrected chi connectivity index (χ3v) is 2.45. The highest BCUT2D eigenvalue weighted by atomic mass is 32.2. The number of aliphatic hydroxyl groups is 4. The van der Waals surface area contributed by atoms with Gasteiger partial charge in [-0.1, -0.05) is 6.92 Å². The van der Waals surface area contributed by atoms with Gasteiger partial charge in [0.1, 0.15) is 12.2 Å². The van der Waals surface area contributed by atoms with Crippen LogP contribution in [0.2, 0.25) is 0 Å². The van der Waals surface area contributed by atoms with Crippen molar-refractivity contribution in [2.24, 2.45) is 0 Å². The van der Waals surface area contributed by atoms with Crippen LogP contribution in [0.3, 0.4) is 0 Å². The first kappa shape index (κ1) is 12.2. The summed E-state index contributed by atoms with van der Waals surface area (Å²) in [6, 6.07) is 0. The fourth-order valence-electron chi connectivity index (χ4n) is 0.702. The Labute approximate surface area is 76.2 Å². The molecule has 0 heterocycles. The van der Waals surface area contributed by atoms with Crippen LogP contribution in [0.25, 0.3) is 0 Å². The number of aliphatic hydroxyl groups excluding tert-OH is 4. The maximum atomic E-state index is 9.21. The SMILES string of the molecule is CCSCC(O)C(O)C(O)CO. The topological polar surface area (TPSA) is 80.9 Å². The molecule has 0 aromatic carbocycles. The predicted octanol–water partition coefficient (Wildman–Crippen LogP) is -1.19. The molecule has 0 aliphatic carbocycles. The molecule has 0 rings (SSSR count). The van der Waals surface area contributed by atoms with Crippen molar-refractivity contribution in [2.45, 2.75) is 25.2 Å². The van der Waals surface area contributed by atoms with Crippen molar-refractivity contribution >= 4 is 11.8 Å². The van der Waals surface area contributed by atoms with Gasteiger partial charge in [-0.2, -0.15) is 11.8 Å². The molecule has 0 radical (unpaired) electrons. The molecule has 0 aliphatic heterocycles. The van der Waals surface area contributed by atoms with Crippen LogP contribution in [0.5, 0.6) is 0 Å². The molecule has 0 saturated heterocycles. The Morgan fingerprint density at radius 3 is 2.17 bits per heavy atom. The van der Waals surface area contributed by atoms with Gasteiger partial charge in [0.2, 0.25) is 0 Å². The average Bonchev–Trinajstić information content (AvgIpc) is 2.11. The smallest absolute Gasteiger partial charge is 0.109 e. The van der Waals surface area contributed by atoms with E-state index in [0.29, 0.717) is 5.75 Å². The number of hydrogen-bond donors (Lipinski definition) is 4. The molecular weight excluding hydrogens is 180 g/mol. The highest BCUT2D eigenvalue weighted by molar-refractivity contribution is 7.99. The lowest BCUT2D eigenvalue weighted by atomic mass is 10.1. The first-order valence-corrected chi connectivity index (χ1v) is 5.01. The molecule has 12 heavy (non-hydrogen) atoms. The minimum atomic E-state index is -1.26. The van der Waals surface area contributed by atoms with E-state index in [4.69, 9.17) is 15.3 Å². The van der Waals surface area contributed by atoms with E-state index in [1.54, 1.807) is 0 Å². The van der Waals surface area contributed by atoms with Gasteiger partial charge in [0.15, 0.2) is 0 Å². The summed E-state index contributed by atoms with van der Waals surface area (Å²) in [6.07, 6.45) is -3.48. The first-order valence-electron chi connectivity index (χ1n) is 3.86. The first-order chi connectivity index (χ1) is 5.63. The Morgan fingerprint density at radius 1 is 1.17 bits per heavy atom. The molecule has 0 bridgehead atoms. The van der Waals surface area contributed by atoms with Gasteiger partial charge in [0, 0.05) is 5.75 Å². The van der Waals surface area contributed by atoms with E-state index in [-0.39, 0.29) is 0 Å². The molecule has 0 fully saturated rings. The van der Waals surface area contributed by atoms with Gasteiger partial charge in [-0.05, 0) is 5.75 Å². The number of hydrogen-bond acceptors (Lipinski definition) is 5. The summed E-state index contributed by atoms with van der Waals surface area (Å²) >= 11 is 1.47. The summed E-state index contributed by atoms with van der Waals surface area (Å²) in [7, 11) is 0. The Kier molecular flexibility index (Phi) is 6.78. The predicted molar refractivity (Wildman–Crippen MR) is 48.1 cm³/mol. The van der Waals surface area contributed by atoms with E-state index in [1.807, 2.05) is 6.92 Å². The molecule has 0 saturated carbocycles. The summed E-state index contributed by atoms with van der Waals surface area (Å²) in [5.41, 5.74) is 0. The van der Waals surface area contributed by atoms with E-state index in [2.05, 4.69) is 0 Å². The molecule has 3 unspecified atom stereocenters. The van der Waals surface area contributed by atoms with Crippen molar-refractivity contribution in [1.29, 1.82) is 0 Å². The lowest BCUT2D eigenvalue weighted by Crippen LogP contribution is -2.40. The summed E-state index contributed by atoms with van der Waals surface area (Å²) in [5.74, 6) is 1.22. The summed E-state index contributed by atoms with van der Waals surface area (Å²) in [4.78, 5) is 0. The lowest BCUT2D eigenvalue weighted by molar-refractivity contribution is -0.0683. The third-order valence-electron chi connectivity index (χ3n) is 1.47. The summed E-state index contributed by atoms with van der Waals surface area (Å²) < 4.78 is 0. The second-order valence-electron chi connectivity index (χ2n) is 2.47. The van der Waals surface area contributed by atoms with Crippen molar-refractivity contribution in [1.82, 2.24) is 0 Å². The van der Waals surface area contributed by atoms with Gasteiger partial charge in [-0.15, -0.1) is 0 Å². The van der Waals surface area contributed by atoms with E-state index in [0.717, 1.165) is 5.75 Å². The van der Waals surface area contributed by atoms with Crippen LogP contribution in [0.4, 0.5) is 0 Å². The molecular formula is C7H16O4S. The second-order valence-corrected chi connectivity index (χ2v) is 3.79. The monoisotopic (exact) mass is 196 g/mol. The molecule has 0 aromatic heterocycles. The Bertz CT molecular complexity index is 112. The summed E-state index contributed by atoms with van der Waals surface area (Å²) in [5, 5.41) is 35.7. The van der Waals surface area contributed by atoms with E-state index in [9.17, 15) is 5.11 Å². The minimum Gasteiger partial charge on any atom is -0.394 e. The fourth-order valence-corrected chi connectivity index (χ4v) is 1.38. The van der Waals surface area contributed by atoms with Gasteiger partial charge in [0.25, 0.3) is 0 Å². The van der Waals surface area contributed by atoms with Crippen molar-refractivity contribution in [3.63, 3.8) is 0 Å². The molecule has 3 atom stereocenters. The Balaban J connectivity index is 3.67. The zero-order chi connectivity index (χ0) is 9.56. The normalized spacial score (nSPS) is 18.8. The Morgan fingerprint density at radius 2 is 1.75 bits per heavy atom. The van der Waals surface area contributed by atoms with E-state index < -0.39 is 24.9 Å². The lowest BCUT2D eigenvalue weighted by Gasteiger charge is -2.20. The molecule has 0 amide bonds. The zero-order valence-electron chi connectivity index (χ0n) is 7.05. The van der Waals surface area contributed by atoms with E-state index in [1.165, 1.54) is 11.8 Å². The zero-order valence-corrected chi connectivity index (χ0v) is 7.87. The molecule has 4 nitrogen and oxygen atoms in total. The maximum absolute atomic E-state index is 9.21. The number of thioether (sulfide) groups is 1. The highest BCUT2D eigenvalue weighted by Gasteiger charge is 2.23. The van der Waals surface area contributed by atoms with Crippen LogP contribution in [0.1, 0.15) is 6.92 Å². The van der Waals surface area contributed by atoms with Gasteiger partial charge < -0.3 is 20.4 Å². The van der Waals surface area contributed by atoms with Crippen molar-refractivity contribution < 1.29 is 20.4 Å². The van der Waals surface area contributed by atoms with Gasteiger partial charge >= 0.3 is 0 Å². The van der Waals surface area contributed by atoms with Crippen molar-refractivity contribution in [2.75, 3.05) is 18.1 Å². The molecule has 0 aliphatic rings. The highest BCUT2D eigenvalue weighted by Crippen LogP contribution is 2.07. The minimum absolute atomic E-state index is 0.370. The molecule has 4 N–H and O–H groups in total. The molecule has 0 aromatic rings. The van der Waals surface area contributed by atoms with Crippen LogP contribution in [0.15, 0.2) is 0 Å². The standard InChI is InChI=1S/C7H16O4S/c1-2-12-4-6(10)7(11)5(9)3-8/h5-11H,2-4H2,1H3. The second kappa shape index (κ2) is 6.68. The van der Waals surface area contributed by atoms with Gasteiger partial charge in [-0.25, -0.2) is 0 Å². The molecule has 74 valence electrons. The van der Waals surface area contributed by atoms with Gasteiger partial charge in [0.05, 0.1) is 12.7 Å². The van der Waals surface area contributed by atoms with Gasteiger partial charge in [-0.3, -0.25) is 0 Å². The Hall–Kier alpha value is 0.190. The van der Waals surface area contributed by atoms with E-state index >= 15 is 0 Å². The fraction of sp³-hybridized carbons (Fsp3) is 1.00. The summed E-state index contributed by atoms with van der Waals surface area (Å²) in [6.45, 7) is 1.40. The largest absolute Gasteiger partial charge is 0.394 e. The van der Waals surface area contributed by atoms with Crippen LogP contribution in [-0.2, 0) is 0 Å². The van der Waals surface area contributed by atoms with Crippen molar-refractivity contribution in [3.05, 3.63) is 0 Å². The van der Waals surface area contributed by atoms with Crippen LogP contribution in [0, 0.1) is 0 Å². The average molecular weight is 196 g/mol. The number of rotatable bonds is 6. The molecule has 0 spiro atoms. The maximum Gasteiger partial charge on any atom is 0.109 e. The van der Waals surface area contributed by atoms with Crippen LogP contribution >= 0.6 is 11.8 Å². The quantitative estimate of drug-likeness (QED) is 0.430. The van der Waals surface area contributed by atoms with Crippen LogP contribution in [-0.4, -0.2) is 56.9 Å². The third kappa shape index (κ3) is 4.27. The molecule has 5 heteroatoms. The van der Waals surface area contributed by atoms with Crippen LogP contribution < -0.4 is 0 Å². The van der Waals surface area contributed by atoms with Crippen molar-refractivity contribution in [3.8, 4) is 0 Å².